The summed E-state index contributed by atoms with van der Waals surface area (Å²) >= 11 is 1.56. The Morgan fingerprint density at radius 3 is 2.13 bits per heavy atom. The van der Waals surface area contributed by atoms with E-state index >= 15 is 0 Å². The molecule has 1 aliphatic carbocycles. The molecule has 10 heteroatoms. The number of amides is 2. The fraction of sp³-hybridized carbons (Fsp3) is 0.343. The topological polar surface area (TPSA) is 114 Å². The summed E-state index contributed by atoms with van der Waals surface area (Å²) in [5.74, 6) is -1.98. The number of nitrogens with one attached hydrogen (secondary N) is 1. The van der Waals surface area contributed by atoms with Crippen molar-refractivity contribution in [1.82, 2.24) is 10.2 Å². The monoisotopic (exact) mass is 630 g/mol. The molecule has 45 heavy (non-hydrogen) atoms. The van der Waals surface area contributed by atoms with Gasteiger partial charge in [-0.1, -0.05) is 66.7 Å². The van der Waals surface area contributed by atoms with E-state index in [1.165, 1.54) is 4.90 Å². The molecule has 1 aliphatic rings. The summed E-state index contributed by atoms with van der Waals surface area (Å²) in [6, 6.07) is 21.9. The van der Waals surface area contributed by atoms with Crippen LogP contribution in [0.2, 0.25) is 0 Å². The average molecular weight is 631 g/mol. The summed E-state index contributed by atoms with van der Waals surface area (Å²) in [5.41, 5.74) is 5.17. The van der Waals surface area contributed by atoms with Crippen molar-refractivity contribution in [3.63, 3.8) is 0 Å². The lowest BCUT2D eigenvalue weighted by Crippen LogP contribution is -2.55. The van der Waals surface area contributed by atoms with Crippen molar-refractivity contribution in [1.29, 1.82) is 0 Å². The lowest BCUT2D eigenvalue weighted by Gasteiger charge is -2.36. The maximum absolute atomic E-state index is 14.2. The summed E-state index contributed by atoms with van der Waals surface area (Å²) in [6.45, 7) is 6.39. The minimum absolute atomic E-state index is 0.0333. The number of hydrogen-bond donors (Lipinski definition) is 2. The summed E-state index contributed by atoms with van der Waals surface area (Å²) in [5, 5.41) is 15.3. The highest BCUT2D eigenvalue weighted by molar-refractivity contribution is 7.17. The molecule has 0 saturated carbocycles. The van der Waals surface area contributed by atoms with Crippen molar-refractivity contribution in [2.24, 2.45) is 0 Å². The van der Waals surface area contributed by atoms with E-state index in [2.05, 4.69) is 5.32 Å². The van der Waals surface area contributed by atoms with Crippen molar-refractivity contribution >= 4 is 39.4 Å². The van der Waals surface area contributed by atoms with Crippen molar-refractivity contribution in [3.8, 4) is 11.1 Å². The van der Waals surface area contributed by atoms with Crippen LogP contribution in [0.15, 0.2) is 78.2 Å². The molecule has 0 fully saturated rings. The Morgan fingerprint density at radius 1 is 0.911 bits per heavy atom. The van der Waals surface area contributed by atoms with Crippen LogP contribution in [0.5, 0.6) is 0 Å². The predicted molar refractivity (Wildman–Crippen MR) is 173 cm³/mol. The summed E-state index contributed by atoms with van der Waals surface area (Å²) in [7, 11) is 0. The van der Waals surface area contributed by atoms with E-state index in [0.29, 0.717) is 13.2 Å². The zero-order valence-corrected chi connectivity index (χ0v) is 26.4. The standard InChI is InChI=1S/C35H38N2O7S/c1-4-42-34(43-5-2)22(3)37(19-23-21-45-31-17-11-10-12-24(23)31)33(40)30(18-32(38)39)36-35(41)44-20-29-27-15-8-6-13-25(27)26-14-7-9-16-28(26)29/h6-17,21-22,29-30,34H,4-5,18-20H2,1-3H3,(H,36,41)(H,38,39). The van der Waals surface area contributed by atoms with Gasteiger partial charge < -0.3 is 29.5 Å². The molecule has 0 aliphatic heterocycles. The average Bonchev–Trinajstić information content (AvgIpc) is 3.60. The zero-order chi connectivity index (χ0) is 31.9. The van der Waals surface area contributed by atoms with Crippen LogP contribution in [-0.4, -0.2) is 66.2 Å². The van der Waals surface area contributed by atoms with Gasteiger partial charge in [-0.3, -0.25) is 9.59 Å². The number of hydrogen-bond acceptors (Lipinski definition) is 7. The molecule has 2 amide bonds. The van der Waals surface area contributed by atoms with Gasteiger partial charge in [0.15, 0.2) is 6.29 Å². The lowest BCUT2D eigenvalue weighted by atomic mass is 9.98. The van der Waals surface area contributed by atoms with Crippen LogP contribution < -0.4 is 5.32 Å². The molecule has 2 atom stereocenters. The van der Waals surface area contributed by atoms with Gasteiger partial charge in [-0.15, -0.1) is 11.3 Å². The number of alkyl carbamates (subject to hydrolysis) is 1. The van der Waals surface area contributed by atoms with Gasteiger partial charge in [0.1, 0.15) is 12.6 Å². The maximum atomic E-state index is 14.2. The van der Waals surface area contributed by atoms with Crippen molar-refractivity contribution < 1.29 is 33.7 Å². The first-order valence-corrected chi connectivity index (χ1v) is 16.0. The molecule has 1 heterocycles. The van der Waals surface area contributed by atoms with E-state index in [1.54, 1.807) is 18.3 Å². The van der Waals surface area contributed by atoms with Crippen molar-refractivity contribution in [2.45, 2.75) is 58.0 Å². The highest BCUT2D eigenvalue weighted by Gasteiger charge is 2.36. The molecule has 236 valence electrons. The third-order valence-electron chi connectivity index (χ3n) is 8.04. The Hall–Kier alpha value is -4.25. The number of aliphatic carboxylic acids is 1. The Kier molecular flexibility index (Phi) is 10.5. The predicted octanol–water partition coefficient (Wildman–Crippen LogP) is 6.40. The number of carbonyl (C=O) groups is 3. The second-order valence-corrected chi connectivity index (χ2v) is 11.8. The molecule has 0 spiro atoms. The second-order valence-electron chi connectivity index (χ2n) is 10.9. The third-order valence-corrected chi connectivity index (χ3v) is 9.06. The van der Waals surface area contributed by atoms with Crippen molar-refractivity contribution in [3.05, 3.63) is 94.9 Å². The molecule has 9 nitrogen and oxygen atoms in total. The van der Waals surface area contributed by atoms with Crippen molar-refractivity contribution in [2.75, 3.05) is 19.8 Å². The Balaban J connectivity index is 1.37. The number of ether oxygens (including phenoxy) is 3. The smallest absolute Gasteiger partial charge is 0.407 e. The van der Waals surface area contributed by atoms with E-state index in [-0.39, 0.29) is 19.1 Å². The van der Waals surface area contributed by atoms with Gasteiger partial charge in [0, 0.05) is 30.4 Å². The first-order valence-electron chi connectivity index (χ1n) is 15.1. The zero-order valence-electron chi connectivity index (χ0n) is 25.6. The number of carboxylic acid groups (broad SMARTS) is 1. The molecular weight excluding hydrogens is 592 g/mol. The first kappa shape index (κ1) is 32.2. The van der Waals surface area contributed by atoms with Crippen LogP contribution in [0.4, 0.5) is 4.79 Å². The molecule has 1 aromatic heterocycles. The molecule has 0 saturated heterocycles. The van der Waals surface area contributed by atoms with Crippen LogP contribution in [0, 0.1) is 0 Å². The number of thiophene rings is 1. The van der Waals surface area contributed by atoms with Gasteiger partial charge in [-0.25, -0.2) is 4.79 Å². The van der Waals surface area contributed by atoms with Crippen LogP contribution in [0.25, 0.3) is 21.2 Å². The highest BCUT2D eigenvalue weighted by atomic mass is 32.1. The number of carbonyl (C=O) groups excluding carboxylic acids is 2. The van der Waals surface area contributed by atoms with Gasteiger partial charge in [0.05, 0.1) is 12.5 Å². The Morgan fingerprint density at radius 2 is 1.51 bits per heavy atom. The number of fused-ring (bicyclic) bond motifs is 4. The van der Waals surface area contributed by atoms with Crippen LogP contribution in [0.1, 0.15) is 49.8 Å². The summed E-state index contributed by atoms with van der Waals surface area (Å²) in [4.78, 5) is 40.9. The largest absolute Gasteiger partial charge is 0.481 e. The summed E-state index contributed by atoms with van der Waals surface area (Å²) in [6.07, 6.45) is -2.24. The van der Waals surface area contributed by atoms with Gasteiger partial charge in [0.2, 0.25) is 5.91 Å². The molecule has 2 N–H and O–H groups in total. The maximum Gasteiger partial charge on any atom is 0.407 e. The minimum atomic E-state index is -1.38. The van der Waals surface area contributed by atoms with E-state index in [1.807, 2.05) is 92.0 Å². The molecule has 5 rings (SSSR count). The molecule has 4 aromatic rings. The lowest BCUT2D eigenvalue weighted by molar-refractivity contribution is -0.180. The van der Waals surface area contributed by atoms with E-state index in [9.17, 15) is 19.5 Å². The third kappa shape index (κ3) is 7.19. The SMILES string of the molecule is CCOC(OCC)C(C)N(Cc1csc2ccccc12)C(=O)C(CC(=O)O)NC(=O)OCC1c2ccccc2-c2ccccc21. The van der Waals surface area contributed by atoms with E-state index < -0.39 is 42.8 Å². The number of nitrogens with zero attached hydrogens (tertiary/aromatic N) is 1. The van der Waals surface area contributed by atoms with E-state index in [0.717, 1.165) is 37.9 Å². The normalized spacial score (nSPS) is 13.7. The molecular formula is C35H38N2O7S. The fourth-order valence-corrected chi connectivity index (χ4v) is 6.87. The highest BCUT2D eigenvalue weighted by Crippen LogP contribution is 2.44. The molecule has 2 unspecified atom stereocenters. The van der Waals surface area contributed by atoms with E-state index in [4.69, 9.17) is 14.2 Å². The van der Waals surface area contributed by atoms with Gasteiger partial charge in [-0.05, 0) is 65.4 Å². The number of carboxylic acids is 1. The first-order chi connectivity index (χ1) is 21.8. The summed E-state index contributed by atoms with van der Waals surface area (Å²) < 4.78 is 18.4. The van der Waals surface area contributed by atoms with Gasteiger partial charge >= 0.3 is 12.1 Å². The molecule has 0 bridgehead atoms. The molecule has 0 radical (unpaired) electrons. The van der Waals surface area contributed by atoms with Crippen LogP contribution in [-0.2, 0) is 30.3 Å². The van der Waals surface area contributed by atoms with Crippen LogP contribution in [0.3, 0.4) is 0 Å². The second kappa shape index (κ2) is 14.7. The van der Waals surface area contributed by atoms with Gasteiger partial charge in [-0.2, -0.15) is 0 Å². The number of benzene rings is 3. The molecule has 3 aromatic carbocycles. The Labute approximate surface area is 266 Å². The van der Waals surface area contributed by atoms with Gasteiger partial charge in [0.25, 0.3) is 0 Å². The Bertz CT molecular complexity index is 1600. The fourth-order valence-electron chi connectivity index (χ4n) is 5.92. The minimum Gasteiger partial charge on any atom is -0.481 e. The van der Waals surface area contributed by atoms with Crippen LogP contribution >= 0.6 is 11.3 Å². The number of rotatable bonds is 14. The quantitative estimate of drug-likeness (QED) is 0.155.